The van der Waals surface area contributed by atoms with Gasteiger partial charge in [-0.05, 0) is 32.3 Å². The number of nitrogens with one attached hydrogen (secondary N) is 1. The molecule has 0 aliphatic heterocycles. The van der Waals surface area contributed by atoms with Crippen LogP contribution in [0.4, 0.5) is 17.1 Å². The van der Waals surface area contributed by atoms with Gasteiger partial charge in [0.1, 0.15) is 0 Å². The second kappa shape index (κ2) is 4.72. The SMILES string of the molecule is CN(C)CCNc1cc(N)ccc1N. The molecule has 4 heteroatoms. The molecule has 0 heterocycles. The van der Waals surface area contributed by atoms with E-state index in [1.807, 2.05) is 26.2 Å². The standard InChI is InChI=1S/C10H18N4/c1-14(2)6-5-13-10-7-8(11)3-4-9(10)12/h3-4,7,13H,5-6,11-12H2,1-2H3. The molecule has 0 aliphatic rings. The van der Waals surface area contributed by atoms with Crippen LogP contribution in [0.15, 0.2) is 18.2 Å². The molecular weight excluding hydrogens is 176 g/mol. The number of benzene rings is 1. The van der Waals surface area contributed by atoms with E-state index in [2.05, 4.69) is 10.2 Å². The molecular formula is C10H18N4. The van der Waals surface area contributed by atoms with E-state index in [4.69, 9.17) is 11.5 Å². The molecule has 0 unspecified atom stereocenters. The molecule has 0 radical (unpaired) electrons. The lowest BCUT2D eigenvalue weighted by molar-refractivity contribution is 0.425. The van der Waals surface area contributed by atoms with Crippen molar-refractivity contribution in [2.24, 2.45) is 0 Å². The highest BCUT2D eigenvalue weighted by atomic mass is 15.1. The highest BCUT2D eigenvalue weighted by Gasteiger charge is 1.98. The van der Waals surface area contributed by atoms with E-state index in [0.29, 0.717) is 0 Å². The Morgan fingerprint density at radius 1 is 1.29 bits per heavy atom. The molecule has 14 heavy (non-hydrogen) atoms. The zero-order valence-electron chi connectivity index (χ0n) is 8.75. The Bertz CT molecular complexity index is 296. The Balaban J connectivity index is 2.53. The van der Waals surface area contributed by atoms with E-state index in [9.17, 15) is 0 Å². The number of nitrogens with zero attached hydrogens (tertiary/aromatic N) is 1. The number of rotatable bonds is 4. The summed E-state index contributed by atoms with van der Waals surface area (Å²) >= 11 is 0. The van der Waals surface area contributed by atoms with E-state index < -0.39 is 0 Å². The molecule has 0 saturated carbocycles. The van der Waals surface area contributed by atoms with E-state index in [-0.39, 0.29) is 0 Å². The number of nitrogen functional groups attached to an aromatic ring is 2. The minimum Gasteiger partial charge on any atom is -0.399 e. The maximum absolute atomic E-state index is 5.77. The van der Waals surface area contributed by atoms with Gasteiger partial charge in [0, 0.05) is 18.8 Å². The second-order valence-electron chi connectivity index (χ2n) is 3.58. The summed E-state index contributed by atoms with van der Waals surface area (Å²) in [5, 5.41) is 3.24. The largest absolute Gasteiger partial charge is 0.399 e. The molecule has 0 fully saturated rings. The molecule has 0 aliphatic carbocycles. The zero-order chi connectivity index (χ0) is 10.6. The van der Waals surface area contributed by atoms with Crippen LogP contribution in [0.1, 0.15) is 0 Å². The normalized spacial score (nSPS) is 10.5. The van der Waals surface area contributed by atoms with E-state index >= 15 is 0 Å². The van der Waals surface area contributed by atoms with Gasteiger partial charge in [-0.1, -0.05) is 0 Å². The molecule has 0 saturated heterocycles. The van der Waals surface area contributed by atoms with E-state index in [0.717, 1.165) is 30.2 Å². The maximum Gasteiger partial charge on any atom is 0.0595 e. The Morgan fingerprint density at radius 3 is 2.64 bits per heavy atom. The first-order chi connectivity index (χ1) is 6.59. The van der Waals surface area contributed by atoms with Crippen molar-refractivity contribution in [3.8, 4) is 0 Å². The van der Waals surface area contributed by atoms with Crippen molar-refractivity contribution in [1.29, 1.82) is 0 Å². The molecule has 78 valence electrons. The summed E-state index contributed by atoms with van der Waals surface area (Å²) in [6.07, 6.45) is 0. The first-order valence-corrected chi connectivity index (χ1v) is 4.63. The summed E-state index contributed by atoms with van der Waals surface area (Å²) < 4.78 is 0. The number of hydrogen-bond acceptors (Lipinski definition) is 4. The first-order valence-electron chi connectivity index (χ1n) is 4.63. The quantitative estimate of drug-likeness (QED) is 0.621. The van der Waals surface area contributed by atoms with Crippen LogP contribution in [0.25, 0.3) is 0 Å². The summed E-state index contributed by atoms with van der Waals surface area (Å²) in [5.74, 6) is 0. The van der Waals surface area contributed by atoms with Gasteiger partial charge in [0.15, 0.2) is 0 Å². The van der Waals surface area contributed by atoms with Crippen molar-refractivity contribution in [2.75, 3.05) is 44.0 Å². The second-order valence-corrected chi connectivity index (χ2v) is 3.58. The van der Waals surface area contributed by atoms with Gasteiger partial charge >= 0.3 is 0 Å². The smallest absolute Gasteiger partial charge is 0.0595 e. The van der Waals surface area contributed by atoms with Gasteiger partial charge in [0.25, 0.3) is 0 Å². The van der Waals surface area contributed by atoms with Crippen molar-refractivity contribution >= 4 is 17.1 Å². The van der Waals surface area contributed by atoms with Crippen LogP contribution in [-0.4, -0.2) is 32.1 Å². The monoisotopic (exact) mass is 194 g/mol. The minimum absolute atomic E-state index is 0.728. The molecule has 1 rings (SSSR count). The Morgan fingerprint density at radius 2 is 2.00 bits per heavy atom. The molecule has 4 nitrogen and oxygen atoms in total. The molecule has 1 aromatic carbocycles. The predicted molar refractivity (Wildman–Crippen MR) is 62.3 cm³/mol. The van der Waals surface area contributed by atoms with Crippen LogP contribution in [0, 0.1) is 0 Å². The van der Waals surface area contributed by atoms with Crippen molar-refractivity contribution in [2.45, 2.75) is 0 Å². The number of likely N-dealkylation sites (N-methyl/N-ethyl adjacent to an activating group) is 1. The van der Waals surface area contributed by atoms with Gasteiger partial charge in [-0.25, -0.2) is 0 Å². The van der Waals surface area contributed by atoms with Gasteiger partial charge in [-0.2, -0.15) is 0 Å². The fourth-order valence-corrected chi connectivity index (χ4v) is 1.14. The summed E-state index contributed by atoms with van der Waals surface area (Å²) in [6.45, 7) is 1.83. The lowest BCUT2D eigenvalue weighted by atomic mass is 10.2. The van der Waals surface area contributed by atoms with Crippen LogP contribution >= 0.6 is 0 Å². The van der Waals surface area contributed by atoms with E-state index in [1.165, 1.54) is 0 Å². The fraction of sp³-hybridized carbons (Fsp3) is 0.400. The third-order valence-electron chi connectivity index (χ3n) is 1.95. The van der Waals surface area contributed by atoms with Crippen LogP contribution in [-0.2, 0) is 0 Å². The van der Waals surface area contributed by atoms with Gasteiger partial charge in [-0.15, -0.1) is 0 Å². The average Bonchev–Trinajstić information content (AvgIpc) is 2.10. The molecule has 0 bridgehead atoms. The van der Waals surface area contributed by atoms with Crippen LogP contribution in [0.5, 0.6) is 0 Å². The average molecular weight is 194 g/mol. The van der Waals surface area contributed by atoms with Crippen molar-refractivity contribution in [3.05, 3.63) is 18.2 Å². The highest BCUT2D eigenvalue weighted by molar-refractivity contribution is 5.70. The third-order valence-corrected chi connectivity index (χ3v) is 1.95. The topological polar surface area (TPSA) is 67.3 Å². The van der Waals surface area contributed by atoms with Crippen molar-refractivity contribution in [1.82, 2.24) is 4.90 Å². The fourth-order valence-electron chi connectivity index (χ4n) is 1.14. The Kier molecular flexibility index (Phi) is 3.59. The Hall–Kier alpha value is -1.42. The maximum atomic E-state index is 5.77. The molecule has 0 spiro atoms. The van der Waals surface area contributed by atoms with E-state index in [1.54, 1.807) is 6.07 Å². The molecule has 0 amide bonds. The highest BCUT2D eigenvalue weighted by Crippen LogP contribution is 2.20. The molecule has 0 aromatic heterocycles. The van der Waals surface area contributed by atoms with Crippen LogP contribution in [0.2, 0.25) is 0 Å². The lowest BCUT2D eigenvalue weighted by Gasteiger charge is -2.13. The van der Waals surface area contributed by atoms with Crippen LogP contribution in [0.3, 0.4) is 0 Å². The first kappa shape index (κ1) is 10.7. The van der Waals surface area contributed by atoms with Crippen LogP contribution < -0.4 is 16.8 Å². The molecule has 5 N–H and O–H groups in total. The zero-order valence-corrected chi connectivity index (χ0v) is 8.75. The molecule has 1 aromatic rings. The molecule has 0 atom stereocenters. The lowest BCUT2D eigenvalue weighted by Crippen LogP contribution is -2.21. The van der Waals surface area contributed by atoms with Gasteiger partial charge in [0.2, 0.25) is 0 Å². The van der Waals surface area contributed by atoms with Gasteiger partial charge in [-0.3, -0.25) is 0 Å². The third kappa shape index (κ3) is 3.14. The van der Waals surface area contributed by atoms with Gasteiger partial charge in [0.05, 0.1) is 11.4 Å². The number of anilines is 3. The summed E-state index contributed by atoms with van der Waals surface area (Å²) in [6, 6.07) is 5.46. The van der Waals surface area contributed by atoms with Crippen molar-refractivity contribution in [3.63, 3.8) is 0 Å². The van der Waals surface area contributed by atoms with Gasteiger partial charge < -0.3 is 21.7 Å². The predicted octanol–water partition coefficient (Wildman–Crippen LogP) is 0.824. The minimum atomic E-state index is 0.728. The number of nitrogens with two attached hydrogens (primary N) is 2. The number of hydrogen-bond donors (Lipinski definition) is 3. The summed E-state index contributed by atoms with van der Waals surface area (Å²) in [7, 11) is 4.06. The Labute approximate surface area is 84.9 Å². The summed E-state index contributed by atoms with van der Waals surface area (Å²) in [4.78, 5) is 2.11. The van der Waals surface area contributed by atoms with Crippen molar-refractivity contribution < 1.29 is 0 Å². The summed E-state index contributed by atoms with van der Waals surface area (Å²) in [5.41, 5.74) is 13.8.